The van der Waals surface area contributed by atoms with Crippen molar-refractivity contribution in [3.8, 4) is 12.1 Å². The molecule has 0 aliphatic heterocycles. The van der Waals surface area contributed by atoms with Crippen molar-refractivity contribution in [2.45, 2.75) is 18.4 Å². The predicted molar refractivity (Wildman–Crippen MR) is 58.0 cm³/mol. The Hall–Kier alpha value is -1.90. The first-order valence-corrected chi connectivity index (χ1v) is 6.28. The van der Waals surface area contributed by atoms with Gasteiger partial charge in [0.1, 0.15) is 18.9 Å². The highest BCUT2D eigenvalue weighted by molar-refractivity contribution is 7.89. The molecule has 0 atom stereocenters. The molecule has 1 heterocycles. The Morgan fingerprint density at radius 3 is 2.41 bits per heavy atom. The summed E-state index contributed by atoms with van der Waals surface area (Å²) >= 11 is 0. The smallest absolute Gasteiger partial charge is 0.262 e. The van der Waals surface area contributed by atoms with Crippen molar-refractivity contribution in [2.75, 3.05) is 13.1 Å². The number of nitrogens with zero attached hydrogens (tertiary/aromatic N) is 4. The van der Waals surface area contributed by atoms with Gasteiger partial charge in [-0.3, -0.25) is 0 Å². The van der Waals surface area contributed by atoms with Gasteiger partial charge in [-0.05, 0) is 0 Å². The number of hydrogen-bond acceptors (Lipinski definition) is 5. The number of aryl methyl sites for hydroxylation is 1. The molecule has 0 radical (unpaired) electrons. The highest BCUT2D eigenvalue weighted by Gasteiger charge is 2.25. The van der Waals surface area contributed by atoms with Crippen molar-refractivity contribution in [3.05, 3.63) is 12.0 Å². The largest absolute Gasteiger partial charge is 0.332 e. The van der Waals surface area contributed by atoms with E-state index in [4.69, 9.17) is 10.5 Å². The number of sulfonamides is 1. The van der Waals surface area contributed by atoms with Gasteiger partial charge in [0, 0.05) is 6.42 Å². The molecule has 0 aromatic carbocycles. The highest BCUT2D eigenvalue weighted by Crippen LogP contribution is 2.12. The lowest BCUT2D eigenvalue weighted by molar-refractivity contribution is 0.476. The lowest BCUT2D eigenvalue weighted by Gasteiger charge is -2.13. The zero-order chi connectivity index (χ0) is 12.9. The molecule has 17 heavy (non-hydrogen) atoms. The monoisotopic (exact) mass is 253 g/mol. The van der Waals surface area contributed by atoms with E-state index >= 15 is 0 Å². The maximum absolute atomic E-state index is 12.0. The minimum absolute atomic E-state index is 0.0974. The van der Waals surface area contributed by atoms with E-state index in [9.17, 15) is 8.42 Å². The molecule has 0 aliphatic rings. The fourth-order valence-electron chi connectivity index (χ4n) is 1.18. The quantitative estimate of drug-likeness (QED) is 0.742. The molecule has 8 heteroatoms. The Balaban J connectivity index is 3.08. The number of nitriles is 2. The molecule has 0 amide bonds. The third-order valence-electron chi connectivity index (χ3n) is 2.05. The van der Waals surface area contributed by atoms with Crippen LogP contribution >= 0.6 is 0 Å². The molecule has 0 bridgehead atoms. The Morgan fingerprint density at radius 2 is 2.00 bits per heavy atom. The number of aromatic nitrogens is 2. The summed E-state index contributed by atoms with van der Waals surface area (Å²) in [5.41, 5.74) is 0. The molecular formula is C9H11N5O2S. The van der Waals surface area contributed by atoms with Gasteiger partial charge >= 0.3 is 0 Å². The zero-order valence-corrected chi connectivity index (χ0v) is 10.0. The average molecular weight is 253 g/mol. The van der Waals surface area contributed by atoms with Crippen LogP contribution in [0.15, 0.2) is 11.2 Å². The molecule has 0 saturated carbocycles. The first-order chi connectivity index (χ1) is 8.06. The van der Waals surface area contributed by atoms with Gasteiger partial charge in [0.05, 0.1) is 18.3 Å². The maximum atomic E-state index is 12.0. The molecule has 0 unspecified atom stereocenters. The van der Waals surface area contributed by atoms with Gasteiger partial charge in [0.2, 0.25) is 0 Å². The number of H-pyrrole nitrogens is 1. The molecule has 0 spiro atoms. The minimum atomic E-state index is -3.84. The zero-order valence-electron chi connectivity index (χ0n) is 9.21. The van der Waals surface area contributed by atoms with E-state index in [1.54, 1.807) is 12.1 Å². The molecule has 1 N–H and O–H groups in total. The second kappa shape index (κ2) is 5.43. The highest BCUT2D eigenvalue weighted by atomic mass is 32.2. The van der Waals surface area contributed by atoms with Crippen LogP contribution in [0.4, 0.5) is 0 Å². The Kier molecular flexibility index (Phi) is 4.21. The number of aromatic amines is 1. The Labute approximate surface area is 99.4 Å². The molecule has 7 nitrogen and oxygen atoms in total. The summed E-state index contributed by atoms with van der Waals surface area (Å²) in [6, 6.07) is 3.42. The average Bonchev–Trinajstić information content (AvgIpc) is 2.78. The van der Waals surface area contributed by atoms with Crippen molar-refractivity contribution < 1.29 is 8.42 Å². The molecule has 1 rings (SSSR count). The van der Waals surface area contributed by atoms with Gasteiger partial charge in [-0.15, -0.1) is 0 Å². The summed E-state index contributed by atoms with van der Waals surface area (Å²) in [7, 11) is -3.84. The van der Waals surface area contributed by atoms with E-state index in [0.717, 1.165) is 4.31 Å². The maximum Gasteiger partial charge on any atom is 0.262 e. The topological polar surface area (TPSA) is 114 Å². The third kappa shape index (κ3) is 2.81. The standard InChI is InChI=1S/C9H11N5O2S/c1-2-8-12-7-9(13-8)17(15,16)14(5-3-10)6-4-11/h7H,2,5-6H2,1H3,(H,12,13). The van der Waals surface area contributed by atoms with Crippen molar-refractivity contribution in [1.29, 1.82) is 10.5 Å². The second-order valence-corrected chi connectivity index (χ2v) is 5.04. The molecule has 90 valence electrons. The van der Waals surface area contributed by atoms with Crippen molar-refractivity contribution in [2.24, 2.45) is 0 Å². The first kappa shape index (κ1) is 13.2. The Bertz CT molecular complexity index is 547. The van der Waals surface area contributed by atoms with Crippen LogP contribution in [0, 0.1) is 22.7 Å². The van der Waals surface area contributed by atoms with E-state index in [1.807, 2.05) is 6.92 Å². The van der Waals surface area contributed by atoms with Gasteiger partial charge in [-0.25, -0.2) is 13.4 Å². The van der Waals surface area contributed by atoms with Crippen molar-refractivity contribution >= 4 is 10.0 Å². The SMILES string of the molecule is CCc1ncc(S(=O)(=O)N(CC#N)CC#N)[nH]1. The van der Waals surface area contributed by atoms with E-state index in [0.29, 0.717) is 12.2 Å². The summed E-state index contributed by atoms with van der Waals surface area (Å²) in [5.74, 6) is 0.539. The fourth-order valence-corrected chi connectivity index (χ4v) is 2.34. The van der Waals surface area contributed by atoms with Gasteiger partial charge < -0.3 is 4.98 Å². The lowest BCUT2D eigenvalue weighted by atomic mass is 10.5. The van der Waals surface area contributed by atoms with E-state index in [1.165, 1.54) is 6.20 Å². The van der Waals surface area contributed by atoms with E-state index in [-0.39, 0.29) is 18.1 Å². The van der Waals surface area contributed by atoms with Crippen LogP contribution in [-0.2, 0) is 16.4 Å². The summed E-state index contributed by atoms with van der Waals surface area (Å²) in [5, 5.41) is 17.0. The first-order valence-electron chi connectivity index (χ1n) is 4.84. The van der Waals surface area contributed by atoms with Gasteiger partial charge in [-0.1, -0.05) is 6.92 Å². The van der Waals surface area contributed by atoms with Gasteiger partial charge in [-0.2, -0.15) is 14.8 Å². The van der Waals surface area contributed by atoms with Crippen molar-refractivity contribution in [3.63, 3.8) is 0 Å². The molecule has 1 aromatic rings. The van der Waals surface area contributed by atoms with Crippen LogP contribution < -0.4 is 0 Å². The third-order valence-corrected chi connectivity index (χ3v) is 3.75. The van der Waals surface area contributed by atoms with Crippen LogP contribution in [0.25, 0.3) is 0 Å². The van der Waals surface area contributed by atoms with Gasteiger partial charge in [0.15, 0.2) is 5.03 Å². The van der Waals surface area contributed by atoms with Gasteiger partial charge in [0.25, 0.3) is 10.0 Å². The van der Waals surface area contributed by atoms with Crippen LogP contribution in [0.5, 0.6) is 0 Å². The molecule has 0 fully saturated rings. The number of nitrogens with one attached hydrogen (secondary N) is 1. The minimum Gasteiger partial charge on any atom is -0.332 e. The molecule has 0 saturated heterocycles. The molecule has 1 aromatic heterocycles. The van der Waals surface area contributed by atoms with Crippen LogP contribution in [0.2, 0.25) is 0 Å². The normalized spacial score (nSPS) is 11.1. The fraction of sp³-hybridized carbons (Fsp3) is 0.444. The molecule has 0 aliphatic carbocycles. The van der Waals surface area contributed by atoms with Crippen LogP contribution in [0.1, 0.15) is 12.7 Å². The molecular weight excluding hydrogens is 242 g/mol. The summed E-state index contributed by atoms with van der Waals surface area (Å²) in [6.07, 6.45) is 1.77. The lowest BCUT2D eigenvalue weighted by Crippen LogP contribution is -2.32. The summed E-state index contributed by atoms with van der Waals surface area (Å²) in [6.45, 7) is 1.10. The number of rotatable bonds is 5. The van der Waals surface area contributed by atoms with E-state index in [2.05, 4.69) is 9.97 Å². The predicted octanol–water partition coefficient (Wildman–Crippen LogP) is 0.00996. The number of imidazole rings is 1. The Morgan fingerprint density at radius 1 is 1.41 bits per heavy atom. The van der Waals surface area contributed by atoms with E-state index < -0.39 is 10.0 Å². The second-order valence-electron chi connectivity index (χ2n) is 3.14. The summed E-state index contributed by atoms with van der Waals surface area (Å²) < 4.78 is 24.8. The van der Waals surface area contributed by atoms with Crippen LogP contribution in [0.3, 0.4) is 0 Å². The van der Waals surface area contributed by atoms with Crippen molar-refractivity contribution in [1.82, 2.24) is 14.3 Å². The van der Waals surface area contributed by atoms with Crippen LogP contribution in [-0.4, -0.2) is 35.8 Å². The number of hydrogen-bond donors (Lipinski definition) is 1. The summed E-state index contributed by atoms with van der Waals surface area (Å²) in [4.78, 5) is 6.52.